The molecule has 0 aliphatic carbocycles. The van der Waals surface area contributed by atoms with Crippen LogP contribution < -0.4 is 10.1 Å². The fourth-order valence-electron chi connectivity index (χ4n) is 3.40. The van der Waals surface area contributed by atoms with Crippen molar-refractivity contribution in [2.75, 3.05) is 6.61 Å². The predicted octanol–water partition coefficient (Wildman–Crippen LogP) is 3.55. The number of rotatable bonds is 5. The van der Waals surface area contributed by atoms with Crippen LogP contribution in [0.15, 0.2) is 42.5 Å². The number of ether oxygens (including phenoxy) is 1. The van der Waals surface area contributed by atoms with Crippen molar-refractivity contribution < 1.29 is 9.53 Å². The molecule has 3 aromatic rings. The van der Waals surface area contributed by atoms with Crippen molar-refractivity contribution in [3.8, 4) is 5.75 Å². The monoisotopic (exact) mass is 349 g/mol. The number of hydrogen-bond acceptors (Lipinski definition) is 3. The SMILES string of the molecule is CC(C)C(NC(=O)Cc1ccc2c(c1)OCC2)c1nc2ccccc2[nH]1. The van der Waals surface area contributed by atoms with E-state index in [1.807, 2.05) is 36.4 Å². The van der Waals surface area contributed by atoms with E-state index in [4.69, 9.17) is 4.74 Å². The fraction of sp³-hybridized carbons (Fsp3) is 0.333. The molecule has 1 aliphatic heterocycles. The number of para-hydroxylation sites is 2. The molecule has 0 radical (unpaired) electrons. The summed E-state index contributed by atoms with van der Waals surface area (Å²) in [4.78, 5) is 20.6. The number of benzene rings is 2. The van der Waals surface area contributed by atoms with Gasteiger partial charge in [-0.3, -0.25) is 4.79 Å². The lowest BCUT2D eigenvalue weighted by Gasteiger charge is -2.20. The number of carbonyl (C=O) groups excluding carboxylic acids is 1. The number of amides is 1. The van der Waals surface area contributed by atoms with Gasteiger partial charge in [0.05, 0.1) is 30.1 Å². The van der Waals surface area contributed by atoms with E-state index >= 15 is 0 Å². The van der Waals surface area contributed by atoms with Gasteiger partial charge in [-0.05, 0) is 35.2 Å². The Morgan fingerprint density at radius 2 is 2.12 bits per heavy atom. The van der Waals surface area contributed by atoms with Crippen molar-refractivity contribution in [2.45, 2.75) is 32.7 Å². The number of H-pyrrole nitrogens is 1. The third-order valence-electron chi connectivity index (χ3n) is 4.81. The van der Waals surface area contributed by atoms with E-state index in [1.54, 1.807) is 0 Å². The molecule has 0 fully saturated rings. The average molecular weight is 349 g/mol. The van der Waals surface area contributed by atoms with E-state index < -0.39 is 0 Å². The molecule has 1 amide bonds. The third-order valence-corrected chi connectivity index (χ3v) is 4.81. The van der Waals surface area contributed by atoms with Crippen LogP contribution in [0, 0.1) is 5.92 Å². The van der Waals surface area contributed by atoms with E-state index in [0.29, 0.717) is 6.42 Å². The average Bonchev–Trinajstić information content (AvgIpc) is 3.25. The van der Waals surface area contributed by atoms with Gasteiger partial charge in [-0.25, -0.2) is 4.98 Å². The summed E-state index contributed by atoms with van der Waals surface area (Å²) in [5, 5.41) is 3.14. The normalized spacial score (nSPS) is 14.3. The Labute approximate surface area is 152 Å². The molecule has 1 aromatic heterocycles. The molecule has 2 heterocycles. The highest BCUT2D eigenvalue weighted by Gasteiger charge is 2.22. The summed E-state index contributed by atoms with van der Waals surface area (Å²) >= 11 is 0. The fourth-order valence-corrected chi connectivity index (χ4v) is 3.40. The zero-order valence-corrected chi connectivity index (χ0v) is 15.1. The summed E-state index contributed by atoms with van der Waals surface area (Å²) < 4.78 is 5.60. The molecule has 0 bridgehead atoms. The first-order chi connectivity index (χ1) is 12.6. The molecule has 5 heteroatoms. The number of aromatic nitrogens is 2. The zero-order chi connectivity index (χ0) is 18.1. The maximum absolute atomic E-state index is 12.6. The molecule has 4 rings (SSSR count). The van der Waals surface area contributed by atoms with Gasteiger partial charge in [-0.15, -0.1) is 0 Å². The molecular formula is C21H23N3O2. The summed E-state index contributed by atoms with van der Waals surface area (Å²) in [5.41, 5.74) is 4.09. The highest BCUT2D eigenvalue weighted by atomic mass is 16.5. The van der Waals surface area contributed by atoms with Gasteiger partial charge in [0.1, 0.15) is 11.6 Å². The number of nitrogens with one attached hydrogen (secondary N) is 2. The standard InChI is InChI=1S/C21H23N3O2/c1-13(2)20(21-22-16-5-3-4-6-17(16)23-21)24-19(25)12-14-7-8-15-9-10-26-18(15)11-14/h3-8,11,13,20H,9-10,12H2,1-2H3,(H,22,23)(H,24,25). The summed E-state index contributed by atoms with van der Waals surface area (Å²) in [6, 6.07) is 13.8. The van der Waals surface area contributed by atoms with Crippen LogP contribution in [0.1, 0.15) is 36.8 Å². The van der Waals surface area contributed by atoms with Crippen molar-refractivity contribution in [1.82, 2.24) is 15.3 Å². The Kier molecular flexibility index (Phi) is 4.37. The third kappa shape index (κ3) is 3.29. The maximum atomic E-state index is 12.6. The number of carbonyl (C=O) groups is 1. The summed E-state index contributed by atoms with van der Waals surface area (Å²) in [7, 11) is 0. The second-order valence-corrected chi connectivity index (χ2v) is 7.15. The second kappa shape index (κ2) is 6.83. The second-order valence-electron chi connectivity index (χ2n) is 7.15. The number of imidazole rings is 1. The van der Waals surface area contributed by atoms with Gasteiger partial charge < -0.3 is 15.0 Å². The van der Waals surface area contributed by atoms with Gasteiger partial charge in [0.2, 0.25) is 5.91 Å². The molecule has 1 unspecified atom stereocenters. The molecule has 0 spiro atoms. The van der Waals surface area contributed by atoms with Crippen molar-refractivity contribution in [2.24, 2.45) is 5.92 Å². The Morgan fingerprint density at radius 3 is 2.92 bits per heavy atom. The summed E-state index contributed by atoms with van der Waals surface area (Å²) in [6.45, 7) is 4.90. The minimum Gasteiger partial charge on any atom is -0.493 e. The summed E-state index contributed by atoms with van der Waals surface area (Å²) in [6.07, 6.45) is 1.28. The van der Waals surface area contributed by atoms with Gasteiger partial charge in [-0.1, -0.05) is 38.1 Å². The Morgan fingerprint density at radius 1 is 1.27 bits per heavy atom. The first kappa shape index (κ1) is 16.6. The van der Waals surface area contributed by atoms with E-state index in [2.05, 4.69) is 35.2 Å². The largest absolute Gasteiger partial charge is 0.493 e. The molecule has 0 saturated heterocycles. The van der Waals surface area contributed by atoms with Gasteiger partial charge in [0, 0.05) is 6.42 Å². The van der Waals surface area contributed by atoms with Crippen molar-refractivity contribution in [3.05, 3.63) is 59.4 Å². The van der Waals surface area contributed by atoms with E-state index in [-0.39, 0.29) is 17.9 Å². The first-order valence-electron chi connectivity index (χ1n) is 9.09. The lowest BCUT2D eigenvalue weighted by Crippen LogP contribution is -2.33. The van der Waals surface area contributed by atoms with E-state index in [1.165, 1.54) is 5.56 Å². The Hall–Kier alpha value is -2.82. The van der Waals surface area contributed by atoms with Crippen LogP contribution in [0.2, 0.25) is 0 Å². The van der Waals surface area contributed by atoms with Crippen LogP contribution in [0.4, 0.5) is 0 Å². The molecular weight excluding hydrogens is 326 g/mol. The smallest absolute Gasteiger partial charge is 0.225 e. The topological polar surface area (TPSA) is 67.0 Å². The molecule has 134 valence electrons. The van der Waals surface area contributed by atoms with Crippen LogP contribution in [-0.4, -0.2) is 22.5 Å². The van der Waals surface area contributed by atoms with Crippen LogP contribution in [0.25, 0.3) is 11.0 Å². The van der Waals surface area contributed by atoms with Crippen molar-refractivity contribution >= 4 is 16.9 Å². The molecule has 26 heavy (non-hydrogen) atoms. The predicted molar refractivity (Wildman–Crippen MR) is 101 cm³/mol. The molecule has 2 aromatic carbocycles. The minimum atomic E-state index is -0.152. The Balaban J connectivity index is 1.50. The van der Waals surface area contributed by atoms with Gasteiger partial charge in [0.25, 0.3) is 0 Å². The van der Waals surface area contributed by atoms with E-state index in [0.717, 1.165) is 41.2 Å². The number of hydrogen-bond donors (Lipinski definition) is 2. The highest BCUT2D eigenvalue weighted by molar-refractivity contribution is 5.79. The molecule has 1 aliphatic rings. The first-order valence-corrected chi connectivity index (χ1v) is 9.09. The number of aromatic amines is 1. The van der Waals surface area contributed by atoms with Crippen LogP contribution in [0.5, 0.6) is 5.75 Å². The highest BCUT2D eigenvalue weighted by Crippen LogP contribution is 2.27. The van der Waals surface area contributed by atoms with E-state index in [9.17, 15) is 4.79 Å². The number of fused-ring (bicyclic) bond motifs is 2. The zero-order valence-electron chi connectivity index (χ0n) is 15.1. The molecule has 0 saturated carbocycles. The molecule has 1 atom stereocenters. The quantitative estimate of drug-likeness (QED) is 0.740. The van der Waals surface area contributed by atoms with Crippen LogP contribution >= 0.6 is 0 Å². The lowest BCUT2D eigenvalue weighted by atomic mass is 10.0. The molecule has 2 N–H and O–H groups in total. The van der Waals surface area contributed by atoms with Crippen LogP contribution in [0.3, 0.4) is 0 Å². The minimum absolute atomic E-state index is 0.0119. The van der Waals surface area contributed by atoms with Gasteiger partial charge >= 0.3 is 0 Å². The van der Waals surface area contributed by atoms with Crippen LogP contribution in [-0.2, 0) is 17.6 Å². The summed E-state index contributed by atoms with van der Waals surface area (Å²) in [5.74, 6) is 1.92. The number of nitrogens with zero attached hydrogens (tertiary/aromatic N) is 1. The van der Waals surface area contributed by atoms with Crippen molar-refractivity contribution in [3.63, 3.8) is 0 Å². The molecule has 5 nitrogen and oxygen atoms in total. The van der Waals surface area contributed by atoms with Gasteiger partial charge in [0.15, 0.2) is 0 Å². The maximum Gasteiger partial charge on any atom is 0.225 e. The van der Waals surface area contributed by atoms with Gasteiger partial charge in [-0.2, -0.15) is 0 Å². The van der Waals surface area contributed by atoms with Crippen molar-refractivity contribution in [1.29, 1.82) is 0 Å². The Bertz CT molecular complexity index is 912. The lowest BCUT2D eigenvalue weighted by molar-refractivity contribution is -0.121.